The first kappa shape index (κ1) is 25.9. The molecule has 31 heavy (non-hydrogen) atoms. The predicted molar refractivity (Wildman–Crippen MR) is 125 cm³/mol. The number of carboxylic acid groups (broad SMARTS) is 1. The maximum atomic E-state index is 11.3. The summed E-state index contributed by atoms with van der Waals surface area (Å²) >= 11 is 3.48. The van der Waals surface area contributed by atoms with Crippen LogP contribution < -0.4 is 0 Å². The van der Waals surface area contributed by atoms with Crippen LogP contribution in [-0.2, 0) is 11.2 Å². The Bertz CT molecular complexity index is 686. The van der Waals surface area contributed by atoms with Gasteiger partial charge >= 0.3 is 5.97 Å². The number of nitrogens with zero attached hydrogens (tertiary/aromatic N) is 1. The fourth-order valence-electron chi connectivity index (χ4n) is 4.88. The van der Waals surface area contributed by atoms with Crippen LogP contribution in [0.25, 0.3) is 0 Å². The summed E-state index contributed by atoms with van der Waals surface area (Å²) in [6.07, 6.45) is 7.77. The van der Waals surface area contributed by atoms with Gasteiger partial charge in [-0.3, -0.25) is 4.79 Å². The molecule has 0 heterocycles. The van der Waals surface area contributed by atoms with Crippen LogP contribution in [0.2, 0.25) is 0 Å². The van der Waals surface area contributed by atoms with Crippen LogP contribution in [0.5, 0.6) is 0 Å². The van der Waals surface area contributed by atoms with Crippen molar-refractivity contribution in [1.29, 1.82) is 0 Å². The maximum absolute atomic E-state index is 11.3. The third-order valence-corrected chi connectivity index (χ3v) is 7.05. The molecule has 0 radical (unpaired) electrons. The molecule has 0 aliphatic heterocycles. The average Bonchev–Trinajstić information content (AvgIpc) is 3.03. The number of aryl methyl sites for hydroxylation is 1. The zero-order chi connectivity index (χ0) is 22.6. The van der Waals surface area contributed by atoms with Gasteiger partial charge in [0.1, 0.15) is 0 Å². The molecule has 1 fully saturated rings. The van der Waals surface area contributed by atoms with Crippen LogP contribution >= 0.6 is 15.9 Å². The van der Waals surface area contributed by atoms with Crippen LogP contribution in [0.15, 0.2) is 33.9 Å². The minimum Gasteiger partial charge on any atom is -0.481 e. The second-order valence-corrected chi connectivity index (χ2v) is 9.82. The quantitative estimate of drug-likeness (QED) is 0.220. The predicted octanol–water partition coefficient (Wildman–Crippen LogP) is 5.47. The highest BCUT2D eigenvalue weighted by Crippen LogP contribution is 2.41. The van der Waals surface area contributed by atoms with Crippen molar-refractivity contribution in [1.82, 2.24) is 0 Å². The van der Waals surface area contributed by atoms with Gasteiger partial charge in [-0.1, -0.05) is 52.5 Å². The van der Waals surface area contributed by atoms with Gasteiger partial charge in [-0.05, 0) is 80.9 Å². The van der Waals surface area contributed by atoms with Crippen LogP contribution in [-0.4, -0.2) is 39.5 Å². The highest BCUT2D eigenvalue weighted by atomic mass is 79.9. The lowest BCUT2D eigenvalue weighted by molar-refractivity contribution is -0.137. The van der Waals surface area contributed by atoms with Crippen molar-refractivity contribution in [3.63, 3.8) is 0 Å². The summed E-state index contributed by atoms with van der Waals surface area (Å²) in [6.45, 7) is 0. The number of carbonyl (C=O) groups is 1. The first-order valence-corrected chi connectivity index (χ1v) is 12.3. The summed E-state index contributed by atoms with van der Waals surface area (Å²) in [6, 6.07) is 7.82. The van der Waals surface area contributed by atoms with E-state index in [0.717, 1.165) is 49.4 Å². The van der Waals surface area contributed by atoms with Crippen LogP contribution in [0.3, 0.4) is 0 Å². The fraction of sp³-hybridized carbons (Fsp3) is 0.708. The molecule has 6 nitrogen and oxygen atoms in total. The summed E-state index contributed by atoms with van der Waals surface area (Å²) in [5.41, 5.74) is 1.24. The van der Waals surface area contributed by atoms with Crippen molar-refractivity contribution in [2.45, 2.75) is 95.3 Å². The van der Waals surface area contributed by atoms with Crippen molar-refractivity contribution in [2.24, 2.45) is 17.0 Å². The molecule has 0 saturated heterocycles. The number of carboxylic acids is 1. The average molecular weight is 498 g/mol. The highest BCUT2D eigenvalue weighted by Gasteiger charge is 2.42. The van der Waals surface area contributed by atoms with Gasteiger partial charge in [-0.25, -0.2) is 0 Å². The van der Waals surface area contributed by atoms with Gasteiger partial charge in [0.2, 0.25) is 0 Å². The molecule has 5 atom stereocenters. The van der Waals surface area contributed by atoms with Gasteiger partial charge in [0.05, 0.1) is 18.2 Å². The number of aliphatic hydroxyl groups is 2. The molecular weight excluding hydrogens is 462 g/mol. The number of rotatable bonds is 15. The molecule has 1 saturated carbocycles. The van der Waals surface area contributed by atoms with Gasteiger partial charge in [0.25, 0.3) is 0 Å². The van der Waals surface area contributed by atoms with Gasteiger partial charge in [-0.2, -0.15) is 4.91 Å². The normalized spacial score (nSPS) is 24.2. The fourth-order valence-corrected chi connectivity index (χ4v) is 5.32. The number of benzene rings is 1. The minimum atomic E-state index is -0.763. The second kappa shape index (κ2) is 14.0. The summed E-state index contributed by atoms with van der Waals surface area (Å²) in [7, 11) is 0. The van der Waals surface area contributed by atoms with Crippen LogP contribution in [0.4, 0.5) is 0 Å². The Balaban J connectivity index is 1.72. The molecule has 174 valence electrons. The van der Waals surface area contributed by atoms with Crippen molar-refractivity contribution >= 4 is 21.9 Å². The smallest absolute Gasteiger partial charge is 0.303 e. The maximum Gasteiger partial charge on any atom is 0.303 e. The lowest BCUT2D eigenvalue weighted by Gasteiger charge is -2.24. The Kier molecular flexibility index (Phi) is 11.7. The van der Waals surface area contributed by atoms with Crippen LogP contribution in [0, 0.1) is 16.7 Å². The number of hydrogen-bond donors (Lipinski definition) is 3. The van der Waals surface area contributed by atoms with Crippen molar-refractivity contribution in [3.8, 4) is 0 Å². The van der Waals surface area contributed by atoms with E-state index in [1.807, 2.05) is 12.1 Å². The third-order valence-electron chi connectivity index (χ3n) is 6.56. The topological polar surface area (TPSA) is 107 Å². The zero-order valence-corrected chi connectivity index (χ0v) is 19.8. The Labute approximate surface area is 193 Å². The van der Waals surface area contributed by atoms with E-state index in [1.54, 1.807) is 0 Å². The lowest BCUT2D eigenvalue weighted by Crippen LogP contribution is -2.23. The molecule has 1 aromatic carbocycles. The molecule has 0 amide bonds. The SMILES string of the molecule is O=NC1CC(O)C(CCCCCCC(=O)O)C1CCC(O)CCCc1cccc(Br)c1. The largest absolute Gasteiger partial charge is 0.481 e. The van der Waals surface area contributed by atoms with E-state index in [-0.39, 0.29) is 24.3 Å². The first-order chi connectivity index (χ1) is 14.9. The number of unbranched alkanes of at least 4 members (excludes halogenated alkanes) is 3. The number of nitroso groups, excluding NO2 is 1. The molecule has 1 aliphatic carbocycles. The molecular formula is C24H36BrNO5. The Morgan fingerprint density at radius 3 is 2.58 bits per heavy atom. The molecule has 3 N–H and O–H groups in total. The molecule has 0 spiro atoms. The molecule has 7 heteroatoms. The van der Waals surface area contributed by atoms with E-state index in [1.165, 1.54) is 5.56 Å². The van der Waals surface area contributed by atoms with E-state index >= 15 is 0 Å². The van der Waals surface area contributed by atoms with E-state index < -0.39 is 18.2 Å². The summed E-state index contributed by atoms with van der Waals surface area (Å²) < 4.78 is 1.06. The summed E-state index contributed by atoms with van der Waals surface area (Å²) in [4.78, 5) is 21.9. The van der Waals surface area contributed by atoms with Crippen molar-refractivity contribution in [3.05, 3.63) is 39.2 Å². The van der Waals surface area contributed by atoms with Gasteiger partial charge in [0.15, 0.2) is 0 Å². The molecule has 0 aromatic heterocycles. The van der Waals surface area contributed by atoms with Crippen molar-refractivity contribution in [2.75, 3.05) is 0 Å². The van der Waals surface area contributed by atoms with Crippen molar-refractivity contribution < 1.29 is 20.1 Å². The van der Waals surface area contributed by atoms with Gasteiger partial charge in [-0.15, -0.1) is 0 Å². The molecule has 2 rings (SSSR count). The van der Waals surface area contributed by atoms with E-state index in [4.69, 9.17) is 5.11 Å². The van der Waals surface area contributed by atoms with E-state index in [2.05, 4.69) is 33.2 Å². The molecule has 1 aromatic rings. The number of aliphatic carboxylic acids is 1. The summed E-state index contributed by atoms with van der Waals surface area (Å²) in [5, 5.41) is 32.9. The van der Waals surface area contributed by atoms with E-state index in [0.29, 0.717) is 25.7 Å². The molecule has 1 aliphatic rings. The highest BCUT2D eigenvalue weighted by molar-refractivity contribution is 9.10. The summed E-state index contributed by atoms with van der Waals surface area (Å²) in [5.74, 6) is -0.705. The zero-order valence-electron chi connectivity index (χ0n) is 18.2. The van der Waals surface area contributed by atoms with Gasteiger partial charge in [0, 0.05) is 10.9 Å². The minimum absolute atomic E-state index is 0.0197. The number of halogens is 1. The Morgan fingerprint density at radius 2 is 1.87 bits per heavy atom. The molecule has 5 unspecified atom stereocenters. The second-order valence-electron chi connectivity index (χ2n) is 8.90. The monoisotopic (exact) mass is 497 g/mol. The molecule has 0 bridgehead atoms. The lowest BCUT2D eigenvalue weighted by atomic mass is 9.84. The Hall–Kier alpha value is -1.31. The van der Waals surface area contributed by atoms with Crippen LogP contribution in [0.1, 0.15) is 76.2 Å². The number of aliphatic hydroxyl groups excluding tert-OH is 2. The van der Waals surface area contributed by atoms with Gasteiger partial charge < -0.3 is 15.3 Å². The third kappa shape index (κ3) is 9.38. The number of hydrogen-bond acceptors (Lipinski definition) is 5. The Morgan fingerprint density at radius 1 is 1.10 bits per heavy atom. The van der Waals surface area contributed by atoms with E-state index in [9.17, 15) is 19.9 Å². The first-order valence-electron chi connectivity index (χ1n) is 11.6. The standard InChI is InChI=1S/C24H36BrNO5/c25-18-9-5-7-17(15-18)8-6-10-19(27)13-14-20-21(23(28)16-22(20)26-31)11-3-1-2-4-12-24(29)30/h5,7,9,15,19-23,27-28H,1-4,6,8,10-14,16H2,(H,29,30).